The average molecular weight is 504 g/mol. The summed E-state index contributed by atoms with van der Waals surface area (Å²) in [7, 11) is 0.788. The molecular formula is C25H23F3N2O6. The Morgan fingerprint density at radius 3 is 2.44 bits per heavy atom. The Labute approximate surface area is 203 Å². The second-order valence-corrected chi connectivity index (χ2v) is 8.34. The topological polar surface area (TPSA) is 99.6 Å². The van der Waals surface area contributed by atoms with Crippen LogP contribution in [0.2, 0.25) is 0 Å². The number of hydrogen-bond donors (Lipinski definition) is 1. The number of methoxy groups -OCH3 is 1. The van der Waals surface area contributed by atoms with E-state index in [1.54, 1.807) is 24.3 Å². The summed E-state index contributed by atoms with van der Waals surface area (Å²) >= 11 is 0. The van der Waals surface area contributed by atoms with Crippen LogP contribution in [0.5, 0.6) is 0 Å². The van der Waals surface area contributed by atoms with Gasteiger partial charge in [-0.1, -0.05) is 54.6 Å². The number of aromatic nitrogens is 2. The summed E-state index contributed by atoms with van der Waals surface area (Å²) in [5.74, 6) is -1.64. The molecule has 0 radical (unpaired) electrons. The third kappa shape index (κ3) is 4.47. The molecule has 1 aromatic heterocycles. The largest absolute Gasteiger partial charge is 0.460 e. The van der Waals surface area contributed by atoms with Crippen molar-refractivity contribution in [2.24, 2.45) is 0 Å². The number of halogens is 3. The van der Waals surface area contributed by atoms with E-state index in [1.165, 1.54) is 35.9 Å². The molecule has 3 atom stereocenters. The summed E-state index contributed by atoms with van der Waals surface area (Å²) in [5.41, 5.74) is -3.36. The first-order valence-electron chi connectivity index (χ1n) is 11.0. The molecule has 0 fully saturated rings. The second-order valence-electron chi connectivity index (χ2n) is 8.34. The van der Waals surface area contributed by atoms with Crippen LogP contribution >= 0.6 is 0 Å². The van der Waals surface area contributed by atoms with Gasteiger partial charge >= 0.3 is 17.8 Å². The molecule has 1 aliphatic heterocycles. The minimum atomic E-state index is -5.11. The van der Waals surface area contributed by atoms with Gasteiger partial charge in [0.05, 0.1) is 6.10 Å². The van der Waals surface area contributed by atoms with Gasteiger partial charge in [-0.15, -0.1) is 0 Å². The fourth-order valence-corrected chi connectivity index (χ4v) is 4.24. The van der Waals surface area contributed by atoms with Crippen LogP contribution < -0.4 is 11.2 Å². The van der Waals surface area contributed by atoms with Crippen LogP contribution in [0, 0.1) is 6.92 Å². The molecule has 0 unspecified atom stereocenters. The Hall–Kier alpha value is -3.70. The third-order valence-electron chi connectivity index (χ3n) is 6.06. The van der Waals surface area contributed by atoms with E-state index in [1.807, 2.05) is 0 Å². The predicted octanol–water partition coefficient (Wildman–Crippen LogP) is 2.98. The van der Waals surface area contributed by atoms with Gasteiger partial charge < -0.3 is 14.2 Å². The first-order valence-corrected chi connectivity index (χ1v) is 11.0. The normalized spacial score (nSPS) is 19.2. The summed E-state index contributed by atoms with van der Waals surface area (Å²) in [4.78, 5) is 39.4. The zero-order chi connectivity index (χ0) is 26.1. The highest BCUT2D eigenvalue weighted by Gasteiger charge is 2.64. The van der Waals surface area contributed by atoms with Crippen molar-refractivity contribution >= 4 is 5.97 Å². The number of aryl methyl sites for hydroxylation is 1. The van der Waals surface area contributed by atoms with E-state index in [0.29, 0.717) is 5.56 Å². The van der Waals surface area contributed by atoms with Crippen molar-refractivity contribution in [1.29, 1.82) is 0 Å². The monoisotopic (exact) mass is 504 g/mol. The maximum atomic E-state index is 14.1. The molecule has 4 rings (SSSR count). The number of aromatic amines is 1. The number of carbonyl (C=O) groups excluding carboxylic acids is 1. The van der Waals surface area contributed by atoms with Crippen molar-refractivity contribution in [3.63, 3.8) is 0 Å². The molecule has 0 spiro atoms. The Kier molecular flexibility index (Phi) is 6.87. The van der Waals surface area contributed by atoms with Crippen molar-refractivity contribution in [3.05, 3.63) is 104 Å². The van der Waals surface area contributed by atoms with Gasteiger partial charge in [0, 0.05) is 36.4 Å². The van der Waals surface area contributed by atoms with E-state index < -0.39 is 53.5 Å². The lowest BCUT2D eigenvalue weighted by atomic mass is 9.92. The molecule has 2 heterocycles. The number of fused-ring (bicyclic) bond motifs is 1. The van der Waals surface area contributed by atoms with Gasteiger partial charge in [-0.2, -0.15) is 13.2 Å². The van der Waals surface area contributed by atoms with E-state index in [4.69, 9.17) is 14.2 Å². The van der Waals surface area contributed by atoms with Crippen molar-refractivity contribution in [2.45, 2.75) is 37.5 Å². The number of rotatable bonds is 6. The van der Waals surface area contributed by atoms with Crippen LogP contribution in [0.15, 0.2) is 70.4 Å². The molecule has 2 aromatic carbocycles. The number of benzene rings is 2. The molecule has 0 amide bonds. The number of H-pyrrole nitrogens is 1. The van der Waals surface area contributed by atoms with Crippen molar-refractivity contribution in [3.8, 4) is 0 Å². The van der Waals surface area contributed by atoms with E-state index in [0.717, 1.165) is 24.8 Å². The lowest BCUT2D eigenvalue weighted by Gasteiger charge is -2.35. The number of carbonyl (C=O) groups is 1. The van der Waals surface area contributed by atoms with Gasteiger partial charge in [0.25, 0.3) is 11.2 Å². The first-order chi connectivity index (χ1) is 17.1. The Morgan fingerprint density at radius 2 is 1.78 bits per heavy atom. The quantitative estimate of drug-likeness (QED) is 0.519. The number of alkyl halides is 3. The van der Waals surface area contributed by atoms with Gasteiger partial charge in [0.2, 0.25) is 0 Å². The lowest BCUT2D eigenvalue weighted by Crippen LogP contribution is -2.52. The zero-order valence-corrected chi connectivity index (χ0v) is 19.4. The van der Waals surface area contributed by atoms with E-state index in [9.17, 15) is 27.6 Å². The minimum Gasteiger partial charge on any atom is -0.460 e. The number of esters is 1. The summed E-state index contributed by atoms with van der Waals surface area (Å²) in [6.07, 6.45) is -5.43. The number of nitrogens with zero attached hydrogens (tertiary/aromatic N) is 1. The molecule has 1 N–H and O–H groups in total. The summed E-state index contributed by atoms with van der Waals surface area (Å²) in [5, 5.41) is 0. The molecule has 36 heavy (non-hydrogen) atoms. The minimum absolute atomic E-state index is 0.217. The number of ether oxygens (including phenoxy) is 3. The van der Waals surface area contributed by atoms with Gasteiger partial charge in [0.15, 0.2) is 6.23 Å². The number of nitrogens with one attached hydrogen (secondary N) is 1. The maximum absolute atomic E-state index is 14.1. The lowest BCUT2D eigenvalue weighted by molar-refractivity contribution is -0.277. The first kappa shape index (κ1) is 25.4. The van der Waals surface area contributed by atoms with Crippen molar-refractivity contribution in [2.75, 3.05) is 13.7 Å². The molecule has 0 bridgehead atoms. The number of hydrogen-bond acceptors (Lipinski definition) is 6. The van der Waals surface area contributed by atoms with Gasteiger partial charge in [-0.3, -0.25) is 14.3 Å². The average Bonchev–Trinajstić information content (AvgIpc) is 2.85. The van der Waals surface area contributed by atoms with Crippen LogP contribution in [-0.2, 0) is 31.0 Å². The third-order valence-corrected chi connectivity index (χ3v) is 6.06. The molecule has 8 nitrogen and oxygen atoms in total. The molecular weight excluding hydrogens is 481 g/mol. The Balaban J connectivity index is 1.63. The van der Waals surface area contributed by atoms with Gasteiger partial charge in [0.1, 0.15) is 6.61 Å². The maximum Gasteiger partial charge on any atom is 0.432 e. The van der Waals surface area contributed by atoms with Gasteiger partial charge in [-0.25, -0.2) is 9.59 Å². The van der Waals surface area contributed by atoms with Crippen LogP contribution in [0.25, 0.3) is 0 Å². The fraction of sp³-hybridized carbons (Fsp3) is 0.320. The highest BCUT2D eigenvalue weighted by molar-refractivity contribution is 5.82. The van der Waals surface area contributed by atoms with Crippen LogP contribution in [0.4, 0.5) is 13.2 Å². The highest BCUT2D eigenvalue weighted by Crippen LogP contribution is 2.43. The molecule has 0 aliphatic carbocycles. The molecule has 11 heteroatoms. The highest BCUT2D eigenvalue weighted by atomic mass is 19.4. The van der Waals surface area contributed by atoms with E-state index in [2.05, 4.69) is 4.98 Å². The van der Waals surface area contributed by atoms with Crippen LogP contribution in [0.1, 0.15) is 28.5 Å². The van der Waals surface area contributed by atoms with Gasteiger partial charge in [-0.05, 0) is 12.5 Å². The summed E-state index contributed by atoms with van der Waals surface area (Å²) in [6, 6.07) is 13.5. The SMILES string of the molecule is CO[C@](C(=O)OC[C@H]1Cc2ccccc2[C@@H](n2cc(C)c(=O)[nH]c2=O)O1)(c1ccccc1)C(F)(F)F. The second kappa shape index (κ2) is 9.75. The van der Waals surface area contributed by atoms with E-state index >= 15 is 0 Å². The summed E-state index contributed by atoms with van der Waals surface area (Å²) in [6.45, 7) is 0.989. The Bertz CT molecular complexity index is 1370. The molecule has 3 aromatic rings. The van der Waals surface area contributed by atoms with Crippen LogP contribution in [-0.4, -0.2) is 41.5 Å². The van der Waals surface area contributed by atoms with Crippen molar-refractivity contribution in [1.82, 2.24) is 9.55 Å². The van der Waals surface area contributed by atoms with Crippen LogP contribution in [0.3, 0.4) is 0 Å². The summed E-state index contributed by atoms with van der Waals surface area (Å²) < 4.78 is 59.5. The van der Waals surface area contributed by atoms with Crippen molar-refractivity contribution < 1.29 is 32.2 Å². The standard InChI is InChI=1S/C25H23F3N2O6/c1-15-13-30(23(33)29-20(15)31)21-19-11-7-6-8-16(19)12-18(36-21)14-35-22(32)24(34-2,25(26,27)28)17-9-4-3-5-10-17/h3-11,13,18,21H,12,14H2,1-2H3,(H,29,31,33)/t18-,21+,24+/m1/s1. The zero-order valence-electron chi connectivity index (χ0n) is 19.4. The molecule has 0 saturated heterocycles. The molecule has 190 valence electrons. The molecule has 1 aliphatic rings. The Morgan fingerprint density at radius 1 is 1.11 bits per heavy atom. The van der Waals surface area contributed by atoms with E-state index in [-0.39, 0.29) is 12.0 Å². The smallest absolute Gasteiger partial charge is 0.432 e. The predicted molar refractivity (Wildman–Crippen MR) is 121 cm³/mol. The fourth-order valence-electron chi connectivity index (χ4n) is 4.24. The molecule has 0 saturated carbocycles.